The van der Waals surface area contributed by atoms with Crippen molar-refractivity contribution < 1.29 is 4.74 Å². The van der Waals surface area contributed by atoms with Gasteiger partial charge in [-0.15, -0.1) is 0 Å². The maximum Gasteiger partial charge on any atom is 0.136 e. The summed E-state index contributed by atoms with van der Waals surface area (Å²) in [5.41, 5.74) is 0. The van der Waals surface area contributed by atoms with E-state index in [2.05, 4.69) is 4.98 Å². The van der Waals surface area contributed by atoms with E-state index in [4.69, 9.17) is 4.74 Å². The summed E-state index contributed by atoms with van der Waals surface area (Å²) in [6, 6.07) is 1.89. The Balaban J connectivity index is 2.50. The van der Waals surface area contributed by atoms with Crippen LogP contribution in [0.3, 0.4) is 0 Å². The van der Waals surface area contributed by atoms with Crippen molar-refractivity contribution in [1.82, 2.24) is 4.98 Å². The minimum atomic E-state index is 0.734. The van der Waals surface area contributed by atoms with Gasteiger partial charge < -0.3 is 9.72 Å². The molecule has 1 N–H and O–H groups in total. The van der Waals surface area contributed by atoms with Crippen molar-refractivity contribution in [3.8, 4) is 5.75 Å². The fourth-order valence-electron chi connectivity index (χ4n) is 0.565. The van der Waals surface area contributed by atoms with Crippen molar-refractivity contribution in [2.75, 3.05) is 6.61 Å². The van der Waals surface area contributed by atoms with Gasteiger partial charge in [-0.05, 0) is 13.0 Å². The summed E-state index contributed by atoms with van der Waals surface area (Å²) in [5.74, 6) is 0.910. The first-order valence-electron chi connectivity index (χ1n) is 2.69. The van der Waals surface area contributed by atoms with E-state index in [9.17, 15) is 0 Å². The predicted octanol–water partition coefficient (Wildman–Crippen LogP) is 1.41. The van der Waals surface area contributed by atoms with Gasteiger partial charge in [0.2, 0.25) is 0 Å². The Bertz CT molecular complexity index is 134. The summed E-state index contributed by atoms with van der Waals surface area (Å²) >= 11 is 0. The smallest absolute Gasteiger partial charge is 0.136 e. The first-order chi connectivity index (χ1) is 3.93. The molecule has 0 radical (unpaired) electrons. The van der Waals surface area contributed by atoms with E-state index < -0.39 is 0 Å². The summed E-state index contributed by atoms with van der Waals surface area (Å²) in [7, 11) is 0. The van der Waals surface area contributed by atoms with E-state index in [0.29, 0.717) is 0 Å². The van der Waals surface area contributed by atoms with Gasteiger partial charge >= 0.3 is 0 Å². The fourth-order valence-corrected chi connectivity index (χ4v) is 0.565. The van der Waals surface area contributed by atoms with Gasteiger partial charge in [-0.25, -0.2) is 0 Å². The highest BCUT2D eigenvalue weighted by Gasteiger charge is 1.85. The molecular formula is C6H9NO. The minimum absolute atomic E-state index is 0.734. The highest BCUT2D eigenvalue weighted by Crippen LogP contribution is 2.05. The third-order valence-electron chi connectivity index (χ3n) is 0.880. The van der Waals surface area contributed by atoms with Crippen LogP contribution in [-0.2, 0) is 0 Å². The average Bonchev–Trinajstić information content (AvgIpc) is 2.19. The van der Waals surface area contributed by atoms with Gasteiger partial charge in [0.1, 0.15) is 5.75 Å². The second-order valence-corrected chi connectivity index (χ2v) is 1.48. The van der Waals surface area contributed by atoms with Gasteiger partial charge in [0.15, 0.2) is 0 Å². The molecule has 0 spiro atoms. The number of hydrogen-bond acceptors (Lipinski definition) is 1. The summed E-state index contributed by atoms with van der Waals surface area (Å²) in [5, 5.41) is 0. The molecule has 0 aliphatic carbocycles. The van der Waals surface area contributed by atoms with Crippen LogP contribution in [-0.4, -0.2) is 11.6 Å². The quantitative estimate of drug-likeness (QED) is 0.613. The highest BCUT2D eigenvalue weighted by molar-refractivity contribution is 5.15. The Morgan fingerprint density at radius 1 is 1.75 bits per heavy atom. The van der Waals surface area contributed by atoms with Crippen LogP contribution >= 0.6 is 0 Å². The number of hydrogen-bond donors (Lipinski definition) is 1. The van der Waals surface area contributed by atoms with Crippen LogP contribution in [0.1, 0.15) is 6.92 Å². The molecule has 1 aromatic heterocycles. The molecule has 0 aliphatic rings. The summed E-state index contributed by atoms with van der Waals surface area (Å²) in [6.07, 6.45) is 3.66. The lowest BCUT2D eigenvalue weighted by atomic mass is 10.6. The van der Waals surface area contributed by atoms with Crippen LogP contribution in [0.15, 0.2) is 18.5 Å². The first kappa shape index (κ1) is 5.22. The lowest BCUT2D eigenvalue weighted by Crippen LogP contribution is -1.87. The SMILES string of the molecule is CCOc1cc[nH]c1. The molecule has 0 bridgehead atoms. The lowest BCUT2D eigenvalue weighted by molar-refractivity contribution is 0.341. The van der Waals surface area contributed by atoms with E-state index in [1.54, 1.807) is 0 Å². The van der Waals surface area contributed by atoms with Gasteiger partial charge in [-0.2, -0.15) is 0 Å². The van der Waals surface area contributed by atoms with Crippen molar-refractivity contribution in [3.05, 3.63) is 18.5 Å². The number of aromatic nitrogens is 1. The predicted molar refractivity (Wildman–Crippen MR) is 32.0 cm³/mol. The van der Waals surface area contributed by atoms with E-state index >= 15 is 0 Å². The Morgan fingerprint density at radius 2 is 2.62 bits per heavy atom. The van der Waals surface area contributed by atoms with Gasteiger partial charge in [0.25, 0.3) is 0 Å². The molecule has 0 fully saturated rings. The van der Waals surface area contributed by atoms with Gasteiger partial charge in [-0.1, -0.05) is 0 Å². The fraction of sp³-hybridized carbons (Fsp3) is 0.333. The zero-order chi connectivity index (χ0) is 5.82. The topological polar surface area (TPSA) is 25.0 Å². The molecule has 0 aliphatic heterocycles. The Hall–Kier alpha value is -0.920. The molecule has 0 unspecified atom stereocenters. The Labute approximate surface area is 48.5 Å². The molecule has 0 saturated carbocycles. The highest BCUT2D eigenvalue weighted by atomic mass is 16.5. The molecule has 0 amide bonds. The van der Waals surface area contributed by atoms with Crippen LogP contribution in [0, 0.1) is 0 Å². The van der Waals surface area contributed by atoms with E-state index in [0.717, 1.165) is 12.4 Å². The largest absolute Gasteiger partial charge is 0.492 e. The Kier molecular flexibility index (Phi) is 1.57. The number of rotatable bonds is 2. The first-order valence-corrected chi connectivity index (χ1v) is 2.69. The minimum Gasteiger partial charge on any atom is -0.492 e. The molecule has 0 saturated heterocycles. The summed E-state index contributed by atoms with van der Waals surface area (Å²) in [6.45, 7) is 2.70. The van der Waals surface area contributed by atoms with Crippen LogP contribution in [0.5, 0.6) is 5.75 Å². The Morgan fingerprint density at radius 3 is 3.12 bits per heavy atom. The standard InChI is InChI=1S/C6H9NO/c1-2-8-6-3-4-7-5-6/h3-5,7H,2H2,1H3. The van der Waals surface area contributed by atoms with Crippen molar-refractivity contribution in [1.29, 1.82) is 0 Å². The zero-order valence-corrected chi connectivity index (χ0v) is 4.85. The molecule has 44 valence electrons. The maximum absolute atomic E-state index is 5.11. The van der Waals surface area contributed by atoms with E-state index in [1.807, 2.05) is 25.4 Å². The van der Waals surface area contributed by atoms with Crippen molar-refractivity contribution >= 4 is 0 Å². The normalized spacial score (nSPS) is 9.12. The number of nitrogens with one attached hydrogen (secondary N) is 1. The number of ether oxygens (including phenoxy) is 1. The summed E-state index contributed by atoms with van der Waals surface area (Å²) < 4.78 is 5.11. The lowest BCUT2D eigenvalue weighted by Gasteiger charge is -1.94. The second kappa shape index (κ2) is 2.40. The molecule has 0 atom stereocenters. The van der Waals surface area contributed by atoms with Crippen molar-refractivity contribution in [3.63, 3.8) is 0 Å². The molecule has 1 aromatic rings. The average molecular weight is 111 g/mol. The van der Waals surface area contributed by atoms with Gasteiger partial charge in [0, 0.05) is 12.4 Å². The second-order valence-electron chi connectivity index (χ2n) is 1.48. The van der Waals surface area contributed by atoms with E-state index in [1.165, 1.54) is 0 Å². The van der Waals surface area contributed by atoms with Crippen molar-refractivity contribution in [2.45, 2.75) is 6.92 Å². The van der Waals surface area contributed by atoms with E-state index in [-0.39, 0.29) is 0 Å². The van der Waals surface area contributed by atoms with Crippen LogP contribution in [0.4, 0.5) is 0 Å². The molecule has 1 rings (SSSR count). The van der Waals surface area contributed by atoms with Crippen LogP contribution < -0.4 is 4.74 Å². The van der Waals surface area contributed by atoms with Crippen molar-refractivity contribution in [2.24, 2.45) is 0 Å². The molecule has 1 heterocycles. The third kappa shape index (κ3) is 1.03. The zero-order valence-electron chi connectivity index (χ0n) is 4.85. The molecular weight excluding hydrogens is 102 g/mol. The van der Waals surface area contributed by atoms with Gasteiger partial charge in [-0.3, -0.25) is 0 Å². The monoisotopic (exact) mass is 111 g/mol. The maximum atomic E-state index is 5.11. The molecule has 8 heavy (non-hydrogen) atoms. The molecule has 0 aromatic carbocycles. The summed E-state index contributed by atoms with van der Waals surface area (Å²) in [4.78, 5) is 2.89. The van der Waals surface area contributed by atoms with Crippen LogP contribution in [0.2, 0.25) is 0 Å². The molecule has 2 heteroatoms. The third-order valence-corrected chi connectivity index (χ3v) is 0.880. The van der Waals surface area contributed by atoms with Crippen LogP contribution in [0.25, 0.3) is 0 Å². The molecule has 2 nitrogen and oxygen atoms in total. The van der Waals surface area contributed by atoms with Gasteiger partial charge in [0.05, 0.1) is 6.61 Å². The number of H-pyrrole nitrogens is 1. The number of aromatic amines is 1.